The maximum atomic E-state index is 14.2. The van der Waals surface area contributed by atoms with Crippen LogP contribution in [0.3, 0.4) is 0 Å². The van der Waals surface area contributed by atoms with Crippen LogP contribution in [0.1, 0.15) is 17.9 Å². The van der Waals surface area contributed by atoms with Gasteiger partial charge in [0.05, 0.1) is 11.3 Å². The van der Waals surface area contributed by atoms with Gasteiger partial charge < -0.3 is 4.74 Å². The number of anilines is 1. The van der Waals surface area contributed by atoms with Crippen molar-refractivity contribution in [1.29, 1.82) is 0 Å². The van der Waals surface area contributed by atoms with Gasteiger partial charge in [-0.2, -0.15) is 0 Å². The molecule has 2 heterocycles. The molecule has 2 aromatic carbocycles. The Bertz CT molecular complexity index is 860. The van der Waals surface area contributed by atoms with Crippen LogP contribution in [0, 0.1) is 5.82 Å². The molecule has 1 atom stereocenters. The number of para-hydroxylation sites is 1. The Kier molecular flexibility index (Phi) is 3.41. The number of hydrogen-bond donors (Lipinski definition) is 0. The molecular formula is C19H14FNO3. The highest BCUT2D eigenvalue weighted by Gasteiger charge is 2.43. The van der Waals surface area contributed by atoms with Gasteiger partial charge in [-0.15, -0.1) is 0 Å². The Balaban J connectivity index is 1.86. The van der Waals surface area contributed by atoms with Crippen LogP contribution in [-0.2, 0) is 14.3 Å². The topological polar surface area (TPSA) is 46.6 Å². The number of hydrogen-bond acceptors (Lipinski definition) is 3. The van der Waals surface area contributed by atoms with Crippen LogP contribution in [0.2, 0.25) is 0 Å². The Morgan fingerprint density at radius 3 is 2.46 bits per heavy atom. The number of ether oxygens (including phenoxy) is 1. The molecule has 4 rings (SSSR count). The Hall–Kier alpha value is -2.95. The molecule has 0 N–H and O–H groups in total. The number of carbonyl (C=O) groups is 2. The van der Waals surface area contributed by atoms with Crippen molar-refractivity contribution in [3.63, 3.8) is 0 Å². The van der Waals surface area contributed by atoms with E-state index in [2.05, 4.69) is 0 Å². The molecule has 120 valence electrons. The summed E-state index contributed by atoms with van der Waals surface area (Å²) in [7, 11) is 0. The third-order valence-corrected chi connectivity index (χ3v) is 4.41. The van der Waals surface area contributed by atoms with E-state index in [1.54, 1.807) is 30.3 Å². The summed E-state index contributed by atoms with van der Waals surface area (Å²) in [5.41, 5.74) is 1.92. The van der Waals surface area contributed by atoms with Crippen molar-refractivity contribution < 1.29 is 18.7 Å². The zero-order chi connectivity index (χ0) is 16.7. The highest BCUT2D eigenvalue weighted by Crippen LogP contribution is 2.42. The van der Waals surface area contributed by atoms with E-state index < -0.39 is 17.7 Å². The maximum absolute atomic E-state index is 14.2. The van der Waals surface area contributed by atoms with Crippen molar-refractivity contribution >= 4 is 17.6 Å². The first-order valence-corrected chi connectivity index (χ1v) is 7.69. The third kappa shape index (κ3) is 2.21. The molecule has 0 aromatic heterocycles. The molecule has 0 saturated carbocycles. The van der Waals surface area contributed by atoms with E-state index in [0.29, 0.717) is 22.5 Å². The van der Waals surface area contributed by atoms with Gasteiger partial charge >= 0.3 is 5.97 Å². The van der Waals surface area contributed by atoms with Crippen LogP contribution < -0.4 is 4.90 Å². The fraction of sp³-hybridized carbons (Fsp3) is 0.158. The number of amides is 1. The van der Waals surface area contributed by atoms with Crippen LogP contribution in [-0.4, -0.2) is 18.5 Å². The average molecular weight is 323 g/mol. The molecular weight excluding hydrogens is 309 g/mol. The van der Waals surface area contributed by atoms with Gasteiger partial charge in [0.15, 0.2) is 0 Å². The molecule has 0 fully saturated rings. The number of benzene rings is 2. The van der Waals surface area contributed by atoms with Crippen molar-refractivity contribution in [3.05, 3.63) is 77.2 Å². The average Bonchev–Trinajstić information content (AvgIpc) is 2.97. The fourth-order valence-corrected chi connectivity index (χ4v) is 3.35. The van der Waals surface area contributed by atoms with Gasteiger partial charge in [0, 0.05) is 18.0 Å². The van der Waals surface area contributed by atoms with Gasteiger partial charge in [0.1, 0.15) is 12.4 Å². The van der Waals surface area contributed by atoms with E-state index in [1.165, 1.54) is 11.0 Å². The molecule has 2 aliphatic rings. The number of esters is 1. The second-order valence-corrected chi connectivity index (χ2v) is 5.78. The van der Waals surface area contributed by atoms with E-state index in [4.69, 9.17) is 4.74 Å². The summed E-state index contributed by atoms with van der Waals surface area (Å²) in [5, 5.41) is 0. The lowest BCUT2D eigenvalue weighted by Gasteiger charge is -2.31. The molecule has 0 spiro atoms. The molecule has 2 aliphatic heterocycles. The van der Waals surface area contributed by atoms with Crippen LogP contribution in [0.25, 0.3) is 0 Å². The smallest absolute Gasteiger partial charge is 0.336 e. The minimum Gasteiger partial charge on any atom is -0.456 e. The van der Waals surface area contributed by atoms with E-state index in [1.807, 2.05) is 18.2 Å². The predicted molar refractivity (Wildman–Crippen MR) is 85.7 cm³/mol. The second kappa shape index (κ2) is 5.60. The molecule has 0 radical (unpaired) electrons. The monoisotopic (exact) mass is 323 g/mol. The Morgan fingerprint density at radius 1 is 1.00 bits per heavy atom. The highest BCUT2D eigenvalue weighted by atomic mass is 19.1. The van der Waals surface area contributed by atoms with Crippen molar-refractivity contribution in [2.24, 2.45) is 0 Å². The summed E-state index contributed by atoms with van der Waals surface area (Å²) in [6, 6.07) is 15.3. The van der Waals surface area contributed by atoms with Gasteiger partial charge in [-0.05, 0) is 23.8 Å². The minimum atomic E-state index is -0.608. The summed E-state index contributed by atoms with van der Waals surface area (Å²) in [5.74, 6) is -1.68. The van der Waals surface area contributed by atoms with Crippen LogP contribution in [0.4, 0.5) is 10.1 Å². The summed E-state index contributed by atoms with van der Waals surface area (Å²) in [6.07, 6.45) is 0.0315. The van der Waals surface area contributed by atoms with E-state index in [9.17, 15) is 14.0 Å². The van der Waals surface area contributed by atoms with Gasteiger partial charge in [-0.1, -0.05) is 36.4 Å². The first kappa shape index (κ1) is 14.6. The van der Waals surface area contributed by atoms with Gasteiger partial charge in [-0.3, -0.25) is 9.69 Å². The van der Waals surface area contributed by atoms with Crippen LogP contribution in [0.15, 0.2) is 65.9 Å². The van der Waals surface area contributed by atoms with Gasteiger partial charge in [0.25, 0.3) is 0 Å². The first-order valence-electron chi connectivity index (χ1n) is 7.69. The quantitative estimate of drug-likeness (QED) is 0.798. The Morgan fingerprint density at radius 2 is 1.71 bits per heavy atom. The standard InChI is InChI=1S/C19H14FNO3/c20-15-9-5-4-8-13(15)14-10-17(22)21(12-6-2-1-3-7-12)16-11-24-19(23)18(14)16/h1-9,14H,10-11H2/t14-/m0/s1. The summed E-state index contributed by atoms with van der Waals surface area (Å²) in [6.45, 7) is 0.0275. The van der Waals surface area contributed by atoms with Gasteiger partial charge in [0.2, 0.25) is 5.91 Å². The summed E-state index contributed by atoms with van der Waals surface area (Å²) < 4.78 is 19.4. The van der Waals surface area contributed by atoms with Crippen molar-refractivity contribution in [2.75, 3.05) is 11.5 Å². The molecule has 0 unspecified atom stereocenters. The first-order chi connectivity index (χ1) is 11.7. The fourth-order valence-electron chi connectivity index (χ4n) is 3.35. The number of carbonyl (C=O) groups excluding carboxylic acids is 2. The maximum Gasteiger partial charge on any atom is 0.336 e. The molecule has 0 aliphatic carbocycles. The van der Waals surface area contributed by atoms with E-state index >= 15 is 0 Å². The van der Waals surface area contributed by atoms with E-state index in [0.717, 1.165) is 0 Å². The lowest BCUT2D eigenvalue weighted by molar-refractivity contribution is -0.136. The van der Waals surface area contributed by atoms with Crippen LogP contribution in [0.5, 0.6) is 0 Å². The normalized spacial score (nSPS) is 20.2. The summed E-state index contributed by atoms with van der Waals surface area (Å²) in [4.78, 5) is 26.5. The third-order valence-electron chi connectivity index (χ3n) is 4.41. The largest absolute Gasteiger partial charge is 0.456 e. The van der Waals surface area contributed by atoms with E-state index in [-0.39, 0.29) is 18.9 Å². The summed E-state index contributed by atoms with van der Waals surface area (Å²) >= 11 is 0. The van der Waals surface area contributed by atoms with Gasteiger partial charge in [-0.25, -0.2) is 9.18 Å². The van der Waals surface area contributed by atoms with Crippen molar-refractivity contribution in [1.82, 2.24) is 0 Å². The molecule has 24 heavy (non-hydrogen) atoms. The second-order valence-electron chi connectivity index (χ2n) is 5.78. The molecule has 4 nitrogen and oxygen atoms in total. The highest BCUT2D eigenvalue weighted by molar-refractivity contribution is 6.06. The molecule has 1 amide bonds. The minimum absolute atomic E-state index is 0.0275. The molecule has 5 heteroatoms. The van der Waals surface area contributed by atoms with Crippen LogP contribution >= 0.6 is 0 Å². The lowest BCUT2D eigenvalue weighted by atomic mass is 9.84. The molecule has 0 saturated heterocycles. The predicted octanol–water partition coefficient (Wildman–Crippen LogP) is 3.16. The van der Waals surface area contributed by atoms with Crippen molar-refractivity contribution in [2.45, 2.75) is 12.3 Å². The number of cyclic esters (lactones) is 1. The lowest BCUT2D eigenvalue weighted by Crippen LogP contribution is -2.37. The zero-order valence-corrected chi connectivity index (χ0v) is 12.7. The Labute approximate surface area is 138 Å². The number of halogens is 1. The SMILES string of the molecule is O=C1OCC2=C1[C@H](c1ccccc1F)CC(=O)N2c1ccccc1. The zero-order valence-electron chi connectivity index (χ0n) is 12.7. The number of nitrogens with zero attached hydrogens (tertiary/aromatic N) is 1. The number of rotatable bonds is 2. The van der Waals surface area contributed by atoms with Crippen molar-refractivity contribution in [3.8, 4) is 0 Å². The molecule has 0 bridgehead atoms. The molecule has 2 aromatic rings.